The second-order valence-electron chi connectivity index (χ2n) is 14.7. The Hall–Kier alpha value is -0.160. The average Bonchev–Trinajstić information content (AvgIpc) is 2.75. The molecule has 4 saturated carbocycles. The normalized spacial score (nSPS) is 47.7. The van der Waals surface area contributed by atoms with Gasteiger partial charge in [-0.05, 0) is 91.8 Å². The summed E-state index contributed by atoms with van der Waals surface area (Å²) in [5.41, 5.74) is -0.148. The topological polar surface area (TPSA) is 77.4 Å². The van der Waals surface area contributed by atoms with E-state index in [9.17, 15) is 19.8 Å². The molecule has 0 unspecified atom stereocenters. The molecule has 0 spiro atoms. The van der Waals surface area contributed by atoms with Crippen molar-refractivity contribution in [2.75, 3.05) is 6.61 Å². The Bertz CT molecular complexity index is 952. The molecular weight excluding hydrogens is 447 g/mol. The number of ketones is 1. The van der Waals surface area contributed by atoms with Crippen molar-refractivity contribution in [1.82, 2.24) is 0 Å². The summed E-state index contributed by atoms with van der Waals surface area (Å²) in [6, 6.07) is 0. The molecule has 5 aliphatic rings. The third-order valence-electron chi connectivity index (χ3n) is 12.7. The van der Waals surface area contributed by atoms with E-state index in [0.29, 0.717) is 36.9 Å². The van der Waals surface area contributed by atoms with Crippen molar-refractivity contribution in [3.63, 3.8) is 0 Å². The van der Waals surface area contributed by atoms with Gasteiger partial charge in [-0.25, -0.2) is 0 Å². The number of carbonyl (C=O) groups is 2. The predicted octanol–water partition coefficient (Wildman–Crippen LogP) is 2.08. The van der Waals surface area contributed by atoms with Crippen LogP contribution >= 0.6 is 0 Å². The van der Waals surface area contributed by atoms with E-state index in [2.05, 4.69) is 47.6 Å². The molecule has 0 heterocycles. The Morgan fingerprint density at radius 2 is 1.66 bits per heavy atom. The number of hydrogen-bond donors (Lipinski definition) is 1. The predicted molar refractivity (Wildman–Crippen MR) is 130 cm³/mol. The van der Waals surface area contributed by atoms with E-state index in [-0.39, 0.29) is 69.2 Å². The Morgan fingerprint density at radius 1 is 1.00 bits per heavy atom. The summed E-state index contributed by atoms with van der Waals surface area (Å²) in [7, 11) is 0. The van der Waals surface area contributed by atoms with Gasteiger partial charge in [0.05, 0.1) is 6.61 Å². The molecule has 0 amide bonds. The fourth-order valence-electron chi connectivity index (χ4n) is 10.6. The number of hydrogen-bond acceptors (Lipinski definition) is 4. The third kappa shape index (κ3) is 3.44. The van der Waals surface area contributed by atoms with Crippen molar-refractivity contribution in [2.45, 2.75) is 106 Å². The van der Waals surface area contributed by atoms with E-state index in [1.807, 2.05) is 0 Å². The number of aliphatic hydroxyl groups is 1. The largest absolute Gasteiger partial charge is 1.00 e. The van der Waals surface area contributed by atoms with Crippen LogP contribution in [0.1, 0.15) is 106 Å². The van der Waals surface area contributed by atoms with Gasteiger partial charge in [-0.15, -0.1) is 0 Å². The van der Waals surface area contributed by atoms with E-state index in [1.54, 1.807) is 0 Å². The second-order valence-corrected chi connectivity index (χ2v) is 14.7. The van der Waals surface area contributed by atoms with Crippen molar-refractivity contribution in [1.29, 1.82) is 0 Å². The molecule has 0 aromatic carbocycles. The van der Waals surface area contributed by atoms with E-state index in [1.165, 1.54) is 5.57 Å². The second kappa shape index (κ2) is 8.42. The van der Waals surface area contributed by atoms with Crippen LogP contribution in [0.3, 0.4) is 0 Å². The molecule has 5 aliphatic carbocycles. The third-order valence-corrected chi connectivity index (χ3v) is 12.7. The molecule has 0 bridgehead atoms. The molecule has 0 radical (unpaired) electrons. The van der Waals surface area contributed by atoms with Crippen LogP contribution in [-0.4, -0.2) is 23.5 Å². The minimum absolute atomic E-state index is 0. The standard InChI is InChI=1S/C30H46O4.Na/c1-25(2)13-14-29(24(33)34)15-16-30(18-31)19(20(29)17-25)7-8-22-27(5)11-10-23(32)26(3,4)21(27)9-12-28(22,30)6;/h7,20-22,31H,8-18H2,1-6H3,(H,33,34);/q;+1/p-1/t20-,21-,22+,27-,28+,29-,30-;/m0./s1. The van der Waals surface area contributed by atoms with E-state index < -0.39 is 11.4 Å². The van der Waals surface area contributed by atoms with Crippen LogP contribution in [-0.2, 0) is 9.59 Å². The molecule has 5 heteroatoms. The van der Waals surface area contributed by atoms with Crippen LogP contribution in [0.2, 0.25) is 0 Å². The van der Waals surface area contributed by atoms with Crippen molar-refractivity contribution >= 4 is 11.8 Å². The Balaban J connectivity index is 0.00000289. The number of allylic oxidation sites excluding steroid dienone is 1. The average molecular weight is 493 g/mol. The summed E-state index contributed by atoms with van der Waals surface area (Å²) in [5.74, 6) is 0.243. The van der Waals surface area contributed by atoms with Gasteiger partial charge >= 0.3 is 29.6 Å². The van der Waals surface area contributed by atoms with E-state index in [0.717, 1.165) is 44.9 Å². The molecule has 4 fully saturated rings. The van der Waals surface area contributed by atoms with E-state index >= 15 is 0 Å². The minimum Gasteiger partial charge on any atom is -0.550 e. The first kappa shape index (κ1) is 27.9. The number of carboxylic acids is 1. The molecule has 190 valence electrons. The summed E-state index contributed by atoms with van der Waals surface area (Å²) in [6.45, 7) is 13.8. The summed E-state index contributed by atoms with van der Waals surface area (Å²) < 4.78 is 0. The van der Waals surface area contributed by atoms with Crippen molar-refractivity contribution < 1.29 is 49.4 Å². The van der Waals surface area contributed by atoms with Crippen LogP contribution < -0.4 is 34.7 Å². The fraction of sp³-hybridized carbons (Fsp3) is 0.867. The molecule has 7 atom stereocenters. The molecular formula is C30H45NaO4. The summed E-state index contributed by atoms with van der Waals surface area (Å²) in [6.07, 6.45) is 10.7. The zero-order valence-electron chi connectivity index (χ0n) is 23.3. The number of aliphatic carboxylic acids is 1. The van der Waals surface area contributed by atoms with Gasteiger partial charge in [0.2, 0.25) is 0 Å². The maximum absolute atomic E-state index is 12.9. The van der Waals surface area contributed by atoms with Crippen LogP contribution in [0, 0.1) is 50.2 Å². The molecule has 5 rings (SSSR count). The van der Waals surface area contributed by atoms with Gasteiger partial charge in [-0.2, -0.15) is 0 Å². The fourth-order valence-corrected chi connectivity index (χ4v) is 10.6. The Morgan fingerprint density at radius 3 is 2.29 bits per heavy atom. The number of Topliss-reactive ketones (excluding diaryl/α,β-unsaturated/α-hetero) is 1. The number of aliphatic hydroxyl groups excluding tert-OH is 1. The Kier molecular flexibility index (Phi) is 6.70. The van der Waals surface area contributed by atoms with Gasteiger partial charge in [-0.3, -0.25) is 4.79 Å². The van der Waals surface area contributed by atoms with Crippen LogP contribution in [0.25, 0.3) is 0 Å². The van der Waals surface area contributed by atoms with Gasteiger partial charge in [0, 0.05) is 28.6 Å². The van der Waals surface area contributed by atoms with Crippen molar-refractivity contribution in [3.05, 3.63) is 11.6 Å². The Labute approximate surface area is 234 Å². The number of rotatable bonds is 2. The minimum atomic E-state index is -0.879. The first-order chi connectivity index (χ1) is 15.7. The van der Waals surface area contributed by atoms with Gasteiger partial charge < -0.3 is 15.0 Å². The SMILES string of the molecule is CC1(C)CC[C@]2(C(=O)[O-])CC[C@]3(CO)C(=CC[C@@H]4[C@@]5(C)CCC(=O)C(C)(C)[C@@H]5CC[C@]43C)[C@@H]2C1.[Na+]. The summed E-state index contributed by atoms with van der Waals surface area (Å²) in [4.78, 5) is 25.6. The summed E-state index contributed by atoms with van der Waals surface area (Å²) >= 11 is 0. The zero-order chi connectivity index (χ0) is 24.9. The number of fused-ring (bicyclic) bond motifs is 7. The monoisotopic (exact) mass is 492 g/mol. The van der Waals surface area contributed by atoms with Gasteiger partial charge in [0.25, 0.3) is 0 Å². The van der Waals surface area contributed by atoms with Crippen LogP contribution in [0.4, 0.5) is 0 Å². The number of carboxylic acid groups (broad SMARTS) is 1. The molecule has 0 aliphatic heterocycles. The molecule has 35 heavy (non-hydrogen) atoms. The first-order valence-electron chi connectivity index (χ1n) is 13.8. The van der Waals surface area contributed by atoms with Gasteiger partial charge in [-0.1, -0.05) is 53.2 Å². The van der Waals surface area contributed by atoms with Crippen LogP contribution in [0.5, 0.6) is 0 Å². The van der Waals surface area contributed by atoms with Crippen LogP contribution in [0.15, 0.2) is 11.6 Å². The first-order valence-corrected chi connectivity index (χ1v) is 13.8. The molecule has 0 aromatic heterocycles. The maximum Gasteiger partial charge on any atom is 1.00 e. The van der Waals surface area contributed by atoms with Crippen molar-refractivity contribution in [3.8, 4) is 0 Å². The van der Waals surface area contributed by atoms with Gasteiger partial charge in [0.1, 0.15) is 5.78 Å². The zero-order valence-corrected chi connectivity index (χ0v) is 25.3. The molecule has 1 N–H and O–H groups in total. The van der Waals surface area contributed by atoms with E-state index in [4.69, 9.17) is 0 Å². The summed E-state index contributed by atoms with van der Waals surface area (Å²) in [5, 5.41) is 23.9. The molecule has 0 aromatic rings. The molecule has 0 saturated heterocycles. The van der Waals surface area contributed by atoms with Crippen molar-refractivity contribution in [2.24, 2.45) is 50.2 Å². The molecule has 4 nitrogen and oxygen atoms in total. The maximum atomic E-state index is 12.9. The smallest absolute Gasteiger partial charge is 0.550 e. The van der Waals surface area contributed by atoms with Gasteiger partial charge in [0.15, 0.2) is 0 Å². The quantitative estimate of drug-likeness (QED) is 0.473. The number of carbonyl (C=O) groups excluding carboxylic acids is 2.